The molecule has 37 heavy (non-hydrogen) atoms. The molecular formula is C28H30N4O5. The summed E-state index contributed by atoms with van der Waals surface area (Å²) < 4.78 is 7.66. The number of furan rings is 1. The number of amides is 2. The van der Waals surface area contributed by atoms with Gasteiger partial charge in [0, 0.05) is 18.7 Å². The van der Waals surface area contributed by atoms with Gasteiger partial charge in [-0.25, -0.2) is 4.79 Å². The Balaban J connectivity index is 1.44. The predicted octanol–water partition coefficient (Wildman–Crippen LogP) is 3.44. The van der Waals surface area contributed by atoms with Crippen LogP contribution in [0.25, 0.3) is 10.9 Å². The van der Waals surface area contributed by atoms with Crippen molar-refractivity contribution < 1.29 is 14.0 Å². The first-order valence-electron chi connectivity index (χ1n) is 12.4. The van der Waals surface area contributed by atoms with Gasteiger partial charge < -0.3 is 15.1 Å². The summed E-state index contributed by atoms with van der Waals surface area (Å²) in [7, 11) is 0. The lowest BCUT2D eigenvalue weighted by atomic mass is 10.1. The first-order valence-corrected chi connectivity index (χ1v) is 12.4. The topological polar surface area (TPSA) is 115 Å². The number of hydrogen-bond donors (Lipinski definition) is 2. The van der Waals surface area contributed by atoms with Crippen molar-refractivity contribution in [2.24, 2.45) is 0 Å². The lowest BCUT2D eigenvalue weighted by Gasteiger charge is -2.14. The molecule has 0 saturated carbocycles. The van der Waals surface area contributed by atoms with E-state index in [0.717, 1.165) is 16.6 Å². The number of hydrogen-bond acceptors (Lipinski definition) is 5. The molecule has 2 amide bonds. The van der Waals surface area contributed by atoms with Gasteiger partial charge in [0.15, 0.2) is 0 Å². The van der Waals surface area contributed by atoms with Crippen molar-refractivity contribution >= 4 is 28.4 Å². The van der Waals surface area contributed by atoms with Crippen LogP contribution in [0.15, 0.2) is 80.9 Å². The second kappa shape index (κ2) is 12.0. The number of aromatic nitrogens is 2. The van der Waals surface area contributed by atoms with Gasteiger partial charge in [0.1, 0.15) is 12.3 Å². The van der Waals surface area contributed by atoms with Gasteiger partial charge in [-0.05, 0) is 61.2 Å². The molecule has 2 aromatic heterocycles. The SMILES string of the molecule is CCc1ccc(NC(=O)Cn2c(=O)n(CCCCC(=O)NCc3ccco3)c(=O)c3ccccc32)cc1. The Labute approximate surface area is 213 Å². The molecule has 4 rings (SSSR count). The smallest absolute Gasteiger partial charge is 0.331 e. The zero-order valence-corrected chi connectivity index (χ0v) is 20.7. The van der Waals surface area contributed by atoms with E-state index in [1.54, 1.807) is 42.7 Å². The molecule has 0 fully saturated rings. The van der Waals surface area contributed by atoms with Crippen LogP contribution >= 0.6 is 0 Å². The summed E-state index contributed by atoms with van der Waals surface area (Å²) in [4.78, 5) is 51.2. The number of nitrogens with zero attached hydrogens (tertiary/aromatic N) is 2. The summed E-state index contributed by atoms with van der Waals surface area (Å²) in [6, 6.07) is 17.8. The highest BCUT2D eigenvalue weighted by Gasteiger charge is 2.15. The van der Waals surface area contributed by atoms with E-state index in [1.165, 1.54) is 4.57 Å². The number of rotatable bonds is 11. The molecule has 4 aromatic rings. The van der Waals surface area contributed by atoms with Crippen LogP contribution in [-0.2, 0) is 35.6 Å². The summed E-state index contributed by atoms with van der Waals surface area (Å²) in [5, 5.41) is 5.95. The minimum absolute atomic E-state index is 0.136. The third kappa shape index (κ3) is 6.43. The van der Waals surface area contributed by atoms with Crippen molar-refractivity contribution in [3.8, 4) is 0 Å². The van der Waals surface area contributed by atoms with Crippen molar-refractivity contribution in [1.29, 1.82) is 0 Å². The van der Waals surface area contributed by atoms with Crippen molar-refractivity contribution in [3.05, 3.63) is 99.1 Å². The number of carbonyl (C=O) groups excluding carboxylic acids is 2. The minimum atomic E-state index is -0.553. The van der Waals surface area contributed by atoms with Crippen molar-refractivity contribution in [2.45, 2.75) is 52.2 Å². The quantitative estimate of drug-likeness (QED) is 0.305. The summed E-state index contributed by atoms with van der Waals surface area (Å²) in [5.74, 6) is 0.164. The Morgan fingerprint density at radius 1 is 0.892 bits per heavy atom. The molecule has 0 radical (unpaired) electrons. The van der Waals surface area contributed by atoms with E-state index >= 15 is 0 Å². The van der Waals surface area contributed by atoms with Crippen LogP contribution in [0.5, 0.6) is 0 Å². The summed E-state index contributed by atoms with van der Waals surface area (Å²) in [5.41, 5.74) is 1.24. The number of benzene rings is 2. The number of carbonyl (C=O) groups is 2. The Kier molecular flexibility index (Phi) is 8.35. The normalized spacial score (nSPS) is 10.9. The van der Waals surface area contributed by atoms with Crippen molar-refractivity contribution in [2.75, 3.05) is 5.32 Å². The molecular weight excluding hydrogens is 472 g/mol. The van der Waals surface area contributed by atoms with Crippen LogP contribution in [0.3, 0.4) is 0 Å². The van der Waals surface area contributed by atoms with Crippen LogP contribution in [0.2, 0.25) is 0 Å². The molecule has 0 aliphatic heterocycles. The third-order valence-corrected chi connectivity index (χ3v) is 6.16. The van der Waals surface area contributed by atoms with Gasteiger partial charge in [0.05, 0.1) is 23.7 Å². The molecule has 2 heterocycles. The van der Waals surface area contributed by atoms with Crippen LogP contribution in [0.1, 0.15) is 37.5 Å². The van der Waals surface area contributed by atoms with Crippen molar-refractivity contribution in [3.63, 3.8) is 0 Å². The van der Waals surface area contributed by atoms with Gasteiger partial charge in [-0.3, -0.25) is 23.5 Å². The Morgan fingerprint density at radius 3 is 2.41 bits per heavy atom. The first-order chi connectivity index (χ1) is 18.0. The molecule has 0 aliphatic rings. The Morgan fingerprint density at radius 2 is 1.68 bits per heavy atom. The van der Waals surface area contributed by atoms with Gasteiger partial charge in [0.25, 0.3) is 5.56 Å². The lowest BCUT2D eigenvalue weighted by Crippen LogP contribution is -2.41. The molecule has 9 nitrogen and oxygen atoms in total. The molecule has 9 heteroatoms. The Hall–Kier alpha value is -4.40. The first kappa shape index (κ1) is 25.7. The maximum absolute atomic E-state index is 13.3. The highest BCUT2D eigenvalue weighted by Crippen LogP contribution is 2.12. The van der Waals surface area contributed by atoms with Crippen LogP contribution in [-0.4, -0.2) is 20.9 Å². The average Bonchev–Trinajstić information content (AvgIpc) is 3.44. The molecule has 0 atom stereocenters. The van der Waals surface area contributed by atoms with E-state index in [2.05, 4.69) is 17.6 Å². The Bertz CT molecular complexity index is 1480. The molecule has 0 unspecified atom stereocenters. The van der Waals surface area contributed by atoms with Crippen LogP contribution in [0, 0.1) is 0 Å². The van der Waals surface area contributed by atoms with Crippen molar-refractivity contribution in [1.82, 2.24) is 14.5 Å². The second-order valence-corrected chi connectivity index (χ2v) is 8.75. The second-order valence-electron chi connectivity index (χ2n) is 8.75. The van der Waals surface area contributed by atoms with E-state index < -0.39 is 11.2 Å². The molecule has 0 spiro atoms. The molecule has 0 saturated heterocycles. The van der Waals surface area contributed by atoms with Crippen LogP contribution < -0.4 is 21.9 Å². The monoisotopic (exact) mass is 502 g/mol. The predicted molar refractivity (Wildman–Crippen MR) is 141 cm³/mol. The molecule has 0 aliphatic carbocycles. The fourth-order valence-corrected chi connectivity index (χ4v) is 4.13. The summed E-state index contributed by atoms with van der Waals surface area (Å²) in [6.07, 6.45) is 3.65. The standard InChI is InChI=1S/C28H30N4O5/c1-2-20-12-14-21(15-13-20)30-26(34)19-32-24-10-4-3-9-23(24)27(35)31(28(32)36)16-6-5-11-25(33)29-18-22-8-7-17-37-22/h3-4,7-10,12-15,17H,2,5-6,11,16,18-19H2,1H3,(H,29,33)(H,30,34). The minimum Gasteiger partial charge on any atom is -0.467 e. The highest BCUT2D eigenvalue weighted by molar-refractivity contribution is 5.91. The van der Waals surface area contributed by atoms with Gasteiger partial charge in [-0.2, -0.15) is 0 Å². The number of nitrogens with one attached hydrogen (secondary N) is 2. The van der Waals surface area contributed by atoms with E-state index in [-0.39, 0.29) is 31.3 Å². The third-order valence-electron chi connectivity index (χ3n) is 6.16. The van der Waals surface area contributed by atoms with E-state index in [4.69, 9.17) is 4.42 Å². The van der Waals surface area contributed by atoms with E-state index in [1.807, 2.05) is 24.3 Å². The fourth-order valence-electron chi connectivity index (χ4n) is 4.13. The number of aryl methyl sites for hydroxylation is 1. The largest absolute Gasteiger partial charge is 0.467 e. The average molecular weight is 503 g/mol. The fraction of sp³-hybridized carbons (Fsp3) is 0.286. The molecule has 2 aromatic carbocycles. The number of anilines is 1. The number of para-hydroxylation sites is 1. The maximum atomic E-state index is 13.3. The van der Waals surface area contributed by atoms with Gasteiger partial charge in [-0.1, -0.05) is 31.2 Å². The number of fused-ring (bicyclic) bond motifs is 1. The van der Waals surface area contributed by atoms with Crippen LogP contribution in [0.4, 0.5) is 5.69 Å². The zero-order chi connectivity index (χ0) is 26.2. The van der Waals surface area contributed by atoms with E-state index in [9.17, 15) is 19.2 Å². The highest BCUT2D eigenvalue weighted by atomic mass is 16.3. The molecule has 0 bridgehead atoms. The lowest BCUT2D eigenvalue weighted by molar-refractivity contribution is -0.121. The van der Waals surface area contributed by atoms with Gasteiger partial charge >= 0.3 is 5.69 Å². The van der Waals surface area contributed by atoms with Gasteiger partial charge in [0.2, 0.25) is 11.8 Å². The molecule has 2 N–H and O–H groups in total. The van der Waals surface area contributed by atoms with E-state index in [0.29, 0.717) is 41.7 Å². The zero-order valence-electron chi connectivity index (χ0n) is 20.7. The number of unbranched alkanes of at least 4 members (excludes halogenated alkanes) is 1. The molecule has 192 valence electrons. The van der Waals surface area contributed by atoms with Gasteiger partial charge in [-0.15, -0.1) is 0 Å². The summed E-state index contributed by atoms with van der Waals surface area (Å²) in [6.45, 7) is 2.28. The maximum Gasteiger partial charge on any atom is 0.331 e. The summed E-state index contributed by atoms with van der Waals surface area (Å²) >= 11 is 0.